The standard InChI is InChI=1S/C32H54N4O/c1-8-9-10-11-12-13-14-15-16-17-18-19-20-21-28-33-24-34-30(36-28)35-25-22-26(31(2,3)4)29(37)27(23-25)32(5,6)7/h22-24,37H,8-21H2,1-7H3,(H,33,34,35,36). The van der Waals surface area contributed by atoms with E-state index >= 15 is 0 Å². The number of benzene rings is 1. The topological polar surface area (TPSA) is 70.9 Å². The van der Waals surface area contributed by atoms with Crippen LogP contribution >= 0.6 is 0 Å². The maximum absolute atomic E-state index is 11.0. The second-order valence-corrected chi connectivity index (χ2v) is 12.8. The largest absolute Gasteiger partial charge is 0.507 e. The third-order valence-corrected chi connectivity index (χ3v) is 7.11. The molecule has 2 N–H and O–H groups in total. The molecule has 0 amide bonds. The van der Waals surface area contributed by atoms with Crippen molar-refractivity contribution in [3.8, 4) is 5.75 Å². The van der Waals surface area contributed by atoms with Crippen molar-refractivity contribution < 1.29 is 5.11 Å². The lowest BCUT2D eigenvalue weighted by atomic mass is 9.79. The highest BCUT2D eigenvalue weighted by molar-refractivity contribution is 5.62. The quantitative estimate of drug-likeness (QED) is 0.174. The Kier molecular flexibility index (Phi) is 12.8. The number of rotatable bonds is 16. The number of aromatic nitrogens is 3. The van der Waals surface area contributed by atoms with E-state index in [0.29, 0.717) is 11.7 Å². The number of aryl methyl sites for hydroxylation is 1. The number of unbranched alkanes of at least 4 members (excludes halogenated alkanes) is 12. The zero-order valence-corrected chi connectivity index (χ0v) is 24.9. The molecule has 0 aliphatic rings. The molecular weight excluding hydrogens is 456 g/mol. The van der Waals surface area contributed by atoms with Crippen molar-refractivity contribution in [3.05, 3.63) is 35.4 Å². The molecule has 5 heteroatoms. The zero-order valence-electron chi connectivity index (χ0n) is 24.9. The molecular formula is C32H54N4O. The Bertz CT molecular complexity index is 892. The highest BCUT2D eigenvalue weighted by Gasteiger charge is 2.26. The van der Waals surface area contributed by atoms with Crippen molar-refractivity contribution >= 4 is 11.6 Å². The van der Waals surface area contributed by atoms with E-state index in [1.54, 1.807) is 6.33 Å². The molecule has 0 fully saturated rings. The molecule has 0 aliphatic carbocycles. The van der Waals surface area contributed by atoms with E-state index in [0.717, 1.165) is 35.5 Å². The van der Waals surface area contributed by atoms with Crippen LogP contribution in [0.25, 0.3) is 0 Å². The second kappa shape index (κ2) is 15.3. The third kappa shape index (κ3) is 11.4. The number of anilines is 2. The minimum absolute atomic E-state index is 0.180. The van der Waals surface area contributed by atoms with Crippen LogP contribution in [-0.2, 0) is 17.3 Å². The average Bonchev–Trinajstić information content (AvgIpc) is 2.82. The first-order chi connectivity index (χ1) is 17.5. The number of hydrogen-bond acceptors (Lipinski definition) is 5. The van der Waals surface area contributed by atoms with Gasteiger partial charge in [0.2, 0.25) is 5.95 Å². The fourth-order valence-corrected chi connectivity index (χ4v) is 4.79. The maximum Gasteiger partial charge on any atom is 0.230 e. The van der Waals surface area contributed by atoms with Gasteiger partial charge in [-0.15, -0.1) is 0 Å². The summed E-state index contributed by atoms with van der Waals surface area (Å²) in [5, 5.41) is 14.3. The van der Waals surface area contributed by atoms with Crippen LogP contribution in [-0.4, -0.2) is 20.1 Å². The van der Waals surface area contributed by atoms with Gasteiger partial charge in [0, 0.05) is 23.2 Å². The summed E-state index contributed by atoms with van der Waals surface area (Å²) in [5.74, 6) is 1.78. The maximum atomic E-state index is 11.0. The molecule has 0 saturated heterocycles. The Balaban J connectivity index is 1.80. The highest BCUT2D eigenvalue weighted by Crippen LogP contribution is 2.41. The molecule has 5 nitrogen and oxygen atoms in total. The second-order valence-electron chi connectivity index (χ2n) is 12.8. The molecule has 2 aromatic rings. The van der Waals surface area contributed by atoms with Gasteiger partial charge in [-0.2, -0.15) is 4.98 Å². The van der Waals surface area contributed by atoms with Gasteiger partial charge in [0.15, 0.2) is 0 Å². The summed E-state index contributed by atoms with van der Waals surface area (Å²) in [6.45, 7) is 15.0. The average molecular weight is 511 g/mol. The van der Waals surface area contributed by atoms with Gasteiger partial charge in [0.25, 0.3) is 0 Å². The number of nitrogens with zero attached hydrogens (tertiary/aromatic N) is 3. The van der Waals surface area contributed by atoms with E-state index in [2.05, 4.69) is 68.7 Å². The SMILES string of the molecule is CCCCCCCCCCCCCCCc1ncnc(Nc2cc(C(C)(C)C)c(O)c(C(C)(C)C)c2)n1. The molecule has 0 radical (unpaired) electrons. The molecule has 0 saturated carbocycles. The molecule has 2 rings (SSSR count). The lowest BCUT2D eigenvalue weighted by molar-refractivity contribution is 0.423. The fraction of sp³-hybridized carbons (Fsp3) is 0.719. The van der Waals surface area contributed by atoms with Crippen molar-refractivity contribution in [1.82, 2.24) is 15.0 Å². The first kappa shape index (κ1) is 31.1. The number of hydrogen-bond donors (Lipinski definition) is 2. The van der Waals surface area contributed by atoms with Crippen molar-refractivity contribution in [2.24, 2.45) is 0 Å². The zero-order chi connectivity index (χ0) is 27.3. The van der Waals surface area contributed by atoms with Crippen LogP contribution in [0.4, 0.5) is 11.6 Å². The van der Waals surface area contributed by atoms with Gasteiger partial charge in [0.1, 0.15) is 17.9 Å². The minimum atomic E-state index is -0.180. The Morgan fingerprint density at radius 3 is 1.59 bits per heavy atom. The predicted octanol–water partition coefficient (Wildman–Crippen LogP) is 9.55. The van der Waals surface area contributed by atoms with E-state index < -0.39 is 0 Å². The predicted molar refractivity (Wildman–Crippen MR) is 158 cm³/mol. The molecule has 0 aliphatic heterocycles. The third-order valence-electron chi connectivity index (χ3n) is 7.11. The lowest BCUT2D eigenvalue weighted by Gasteiger charge is -2.28. The number of nitrogens with one attached hydrogen (secondary N) is 1. The van der Waals surface area contributed by atoms with Gasteiger partial charge in [-0.05, 0) is 29.4 Å². The van der Waals surface area contributed by atoms with Crippen molar-refractivity contribution in [2.75, 3.05) is 5.32 Å². The number of phenolic OH excluding ortho intramolecular Hbond substituents is 1. The summed E-state index contributed by atoms with van der Waals surface area (Å²) >= 11 is 0. The van der Waals surface area contributed by atoms with Crippen molar-refractivity contribution in [2.45, 2.75) is 149 Å². The highest BCUT2D eigenvalue weighted by atomic mass is 16.3. The molecule has 0 unspecified atom stereocenters. The Morgan fingerprint density at radius 1 is 0.676 bits per heavy atom. The molecule has 1 aromatic carbocycles. The Morgan fingerprint density at radius 2 is 1.14 bits per heavy atom. The molecule has 0 atom stereocenters. The summed E-state index contributed by atoms with van der Waals surface area (Å²) in [4.78, 5) is 13.4. The summed E-state index contributed by atoms with van der Waals surface area (Å²) < 4.78 is 0. The van der Waals surface area contributed by atoms with E-state index in [4.69, 9.17) is 0 Å². The van der Waals surface area contributed by atoms with Gasteiger partial charge in [-0.3, -0.25) is 0 Å². The lowest BCUT2D eigenvalue weighted by Crippen LogP contribution is -2.17. The Labute approximate surface area is 227 Å². The minimum Gasteiger partial charge on any atom is -0.507 e. The number of aromatic hydroxyl groups is 1. The summed E-state index contributed by atoms with van der Waals surface area (Å²) in [5.41, 5.74) is 2.37. The van der Waals surface area contributed by atoms with Gasteiger partial charge in [-0.25, -0.2) is 9.97 Å². The van der Waals surface area contributed by atoms with Gasteiger partial charge in [-0.1, -0.05) is 126 Å². The molecule has 208 valence electrons. The van der Waals surface area contributed by atoms with E-state index in [1.807, 2.05) is 12.1 Å². The van der Waals surface area contributed by atoms with E-state index in [-0.39, 0.29) is 10.8 Å². The summed E-state index contributed by atoms with van der Waals surface area (Å²) in [6.07, 6.45) is 20.0. The van der Waals surface area contributed by atoms with Gasteiger partial charge in [0.05, 0.1) is 0 Å². The number of phenols is 1. The van der Waals surface area contributed by atoms with Crippen molar-refractivity contribution in [1.29, 1.82) is 0 Å². The van der Waals surface area contributed by atoms with Crippen LogP contribution < -0.4 is 5.32 Å². The van der Waals surface area contributed by atoms with E-state index in [9.17, 15) is 5.11 Å². The first-order valence-corrected chi connectivity index (χ1v) is 14.8. The monoisotopic (exact) mass is 510 g/mol. The molecule has 37 heavy (non-hydrogen) atoms. The van der Waals surface area contributed by atoms with Crippen LogP contribution in [0.2, 0.25) is 0 Å². The first-order valence-electron chi connectivity index (χ1n) is 14.8. The fourth-order valence-electron chi connectivity index (χ4n) is 4.79. The van der Waals surface area contributed by atoms with Crippen LogP contribution in [0.15, 0.2) is 18.5 Å². The van der Waals surface area contributed by atoms with E-state index in [1.165, 1.54) is 77.0 Å². The molecule has 0 bridgehead atoms. The Hall–Kier alpha value is -2.17. The molecule has 1 aromatic heterocycles. The molecule has 0 spiro atoms. The van der Waals surface area contributed by atoms with Gasteiger partial charge >= 0.3 is 0 Å². The van der Waals surface area contributed by atoms with Crippen LogP contribution in [0.3, 0.4) is 0 Å². The van der Waals surface area contributed by atoms with Crippen LogP contribution in [0.1, 0.15) is 149 Å². The molecule has 1 heterocycles. The van der Waals surface area contributed by atoms with Crippen LogP contribution in [0, 0.1) is 0 Å². The van der Waals surface area contributed by atoms with Crippen LogP contribution in [0.5, 0.6) is 5.75 Å². The summed E-state index contributed by atoms with van der Waals surface area (Å²) in [7, 11) is 0. The normalized spacial score (nSPS) is 12.2. The smallest absolute Gasteiger partial charge is 0.230 e. The van der Waals surface area contributed by atoms with Crippen molar-refractivity contribution in [3.63, 3.8) is 0 Å². The summed E-state index contributed by atoms with van der Waals surface area (Å²) in [6, 6.07) is 4.03. The van der Waals surface area contributed by atoms with Gasteiger partial charge < -0.3 is 10.4 Å².